The first-order valence-electron chi connectivity index (χ1n) is 3.50. The number of primary amides is 1. The Morgan fingerprint density at radius 3 is 2.67 bits per heavy atom. The van der Waals surface area contributed by atoms with Crippen molar-refractivity contribution in [3.63, 3.8) is 0 Å². The van der Waals surface area contributed by atoms with Crippen molar-refractivity contribution in [1.82, 2.24) is 4.57 Å². The van der Waals surface area contributed by atoms with Crippen LogP contribution < -0.4 is 11.3 Å². The Hall–Kier alpha value is -1.58. The third-order valence-corrected chi connectivity index (χ3v) is 1.78. The lowest BCUT2D eigenvalue weighted by Gasteiger charge is -2.02. The maximum atomic E-state index is 11.2. The molecule has 0 aromatic carbocycles. The number of carbonyl (C=O) groups is 1. The highest BCUT2D eigenvalue weighted by Crippen LogP contribution is 1.99. The molecule has 1 heterocycles. The van der Waals surface area contributed by atoms with Gasteiger partial charge in [-0.15, -0.1) is 0 Å². The van der Waals surface area contributed by atoms with Crippen molar-refractivity contribution in [2.24, 2.45) is 12.8 Å². The molecular weight excluding hydrogens is 156 g/mol. The van der Waals surface area contributed by atoms with Crippen molar-refractivity contribution >= 4 is 5.91 Å². The fourth-order valence-corrected chi connectivity index (χ4v) is 1.03. The largest absolute Gasteiger partial charge is 0.366 e. The van der Waals surface area contributed by atoms with Gasteiger partial charge in [-0.1, -0.05) is 0 Å². The van der Waals surface area contributed by atoms with Crippen LogP contribution in [0.2, 0.25) is 0 Å². The first-order valence-corrected chi connectivity index (χ1v) is 3.50. The molecule has 1 aromatic heterocycles. The molecule has 0 atom stereocenters. The van der Waals surface area contributed by atoms with E-state index in [2.05, 4.69) is 0 Å². The molecule has 0 fully saturated rings. The number of carbonyl (C=O) groups excluding carboxylic acids is 1. The molecule has 4 heteroatoms. The van der Waals surface area contributed by atoms with Crippen LogP contribution in [-0.4, -0.2) is 10.5 Å². The number of pyridine rings is 1. The zero-order valence-electron chi connectivity index (χ0n) is 7.00. The van der Waals surface area contributed by atoms with Crippen molar-refractivity contribution in [2.45, 2.75) is 6.92 Å². The number of amides is 1. The van der Waals surface area contributed by atoms with Crippen molar-refractivity contribution in [3.05, 3.63) is 33.7 Å². The maximum absolute atomic E-state index is 11.2. The van der Waals surface area contributed by atoms with Gasteiger partial charge in [0.2, 0.25) is 5.91 Å². The Morgan fingerprint density at radius 1 is 1.58 bits per heavy atom. The lowest BCUT2D eigenvalue weighted by molar-refractivity contribution is 0.0999. The molecule has 2 N–H and O–H groups in total. The second kappa shape index (κ2) is 2.81. The van der Waals surface area contributed by atoms with Gasteiger partial charge in [-0.2, -0.15) is 0 Å². The van der Waals surface area contributed by atoms with E-state index < -0.39 is 5.91 Å². The summed E-state index contributed by atoms with van der Waals surface area (Å²) < 4.78 is 1.40. The molecule has 0 unspecified atom stereocenters. The molecule has 1 rings (SSSR count). The fraction of sp³-hybridized carbons (Fsp3) is 0.250. The van der Waals surface area contributed by atoms with Crippen molar-refractivity contribution in [1.29, 1.82) is 0 Å². The van der Waals surface area contributed by atoms with Crippen LogP contribution in [0, 0.1) is 6.92 Å². The average Bonchev–Trinajstić information content (AvgIpc) is 2.00. The number of rotatable bonds is 1. The van der Waals surface area contributed by atoms with E-state index in [1.165, 1.54) is 10.8 Å². The quantitative estimate of drug-likeness (QED) is 0.627. The third kappa shape index (κ3) is 1.23. The van der Waals surface area contributed by atoms with Crippen LogP contribution in [0.15, 0.2) is 17.1 Å². The lowest BCUT2D eigenvalue weighted by atomic mass is 10.1. The van der Waals surface area contributed by atoms with E-state index in [1.807, 2.05) is 0 Å². The molecule has 0 saturated heterocycles. The van der Waals surface area contributed by atoms with Crippen LogP contribution in [0.5, 0.6) is 0 Å². The van der Waals surface area contributed by atoms with Gasteiger partial charge >= 0.3 is 0 Å². The summed E-state index contributed by atoms with van der Waals surface area (Å²) in [6.07, 6.45) is 1.52. The Bertz CT molecular complexity index is 379. The molecule has 0 bridgehead atoms. The summed E-state index contributed by atoms with van der Waals surface area (Å²) in [6, 6.07) is 1.54. The minimum absolute atomic E-state index is 0.189. The molecule has 0 saturated carbocycles. The van der Waals surface area contributed by atoms with E-state index in [0.29, 0.717) is 5.56 Å². The zero-order valence-corrected chi connectivity index (χ0v) is 7.00. The van der Waals surface area contributed by atoms with Gasteiger partial charge in [-0.3, -0.25) is 9.59 Å². The SMILES string of the molecule is Cc1c(C(N)=O)ccn(C)c1=O. The predicted octanol–water partition coefficient (Wildman–Crippen LogP) is -0.207. The number of hydrogen-bond acceptors (Lipinski definition) is 2. The van der Waals surface area contributed by atoms with Crippen LogP contribution in [-0.2, 0) is 7.05 Å². The first kappa shape index (κ1) is 8.52. The van der Waals surface area contributed by atoms with Gasteiger partial charge in [0.1, 0.15) is 0 Å². The predicted molar refractivity (Wildman–Crippen MR) is 44.9 cm³/mol. The summed E-state index contributed by atoms with van der Waals surface area (Å²) in [7, 11) is 1.63. The summed E-state index contributed by atoms with van der Waals surface area (Å²) in [5.74, 6) is -0.565. The van der Waals surface area contributed by atoms with Gasteiger partial charge in [0.05, 0.1) is 0 Å². The van der Waals surface area contributed by atoms with Gasteiger partial charge in [-0.05, 0) is 13.0 Å². The highest BCUT2D eigenvalue weighted by atomic mass is 16.1. The van der Waals surface area contributed by atoms with Crippen LogP contribution in [0.4, 0.5) is 0 Å². The van der Waals surface area contributed by atoms with Gasteiger partial charge in [-0.25, -0.2) is 0 Å². The molecular formula is C8H10N2O2. The number of nitrogens with two attached hydrogens (primary N) is 1. The van der Waals surface area contributed by atoms with Gasteiger partial charge in [0, 0.05) is 24.4 Å². The van der Waals surface area contributed by atoms with Crippen LogP contribution in [0.1, 0.15) is 15.9 Å². The van der Waals surface area contributed by atoms with Crippen molar-refractivity contribution in [3.8, 4) is 0 Å². The Kier molecular flexibility index (Phi) is 1.99. The second-order valence-corrected chi connectivity index (χ2v) is 2.63. The second-order valence-electron chi connectivity index (χ2n) is 2.63. The molecule has 1 aromatic rings. The summed E-state index contributed by atoms with van der Waals surface area (Å²) in [5.41, 5.74) is 5.54. The summed E-state index contributed by atoms with van der Waals surface area (Å²) in [5, 5.41) is 0. The minimum atomic E-state index is -0.565. The topological polar surface area (TPSA) is 65.1 Å². The zero-order chi connectivity index (χ0) is 9.30. The smallest absolute Gasteiger partial charge is 0.253 e. The minimum Gasteiger partial charge on any atom is -0.366 e. The first-order chi connectivity index (χ1) is 5.54. The molecule has 0 radical (unpaired) electrons. The van der Waals surface area contributed by atoms with Crippen LogP contribution in [0.3, 0.4) is 0 Å². The molecule has 0 aliphatic heterocycles. The van der Waals surface area contributed by atoms with Crippen LogP contribution >= 0.6 is 0 Å². The standard InChI is InChI=1S/C8H10N2O2/c1-5-6(7(9)11)3-4-10(2)8(5)12/h3-4H,1-2H3,(H2,9,11). The highest BCUT2D eigenvalue weighted by Gasteiger charge is 2.07. The summed E-state index contributed by atoms with van der Waals surface area (Å²) in [6.45, 7) is 1.59. The number of aromatic nitrogens is 1. The molecule has 1 amide bonds. The molecule has 4 nitrogen and oxygen atoms in total. The Balaban J connectivity index is 3.47. The molecule has 0 aliphatic carbocycles. The third-order valence-electron chi connectivity index (χ3n) is 1.78. The number of aryl methyl sites for hydroxylation is 1. The fourth-order valence-electron chi connectivity index (χ4n) is 1.03. The average molecular weight is 166 g/mol. The Morgan fingerprint density at radius 2 is 2.17 bits per heavy atom. The lowest BCUT2D eigenvalue weighted by Crippen LogP contribution is -2.24. The van der Waals surface area contributed by atoms with E-state index in [1.54, 1.807) is 20.0 Å². The molecule has 64 valence electrons. The highest BCUT2D eigenvalue weighted by molar-refractivity contribution is 5.93. The van der Waals surface area contributed by atoms with Gasteiger partial charge in [0.25, 0.3) is 5.56 Å². The van der Waals surface area contributed by atoms with E-state index in [9.17, 15) is 9.59 Å². The molecule has 0 aliphatic rings. The van der Waals surface area contributed by atoms with E-state index in [4.69, 9.17) is 5.73 Å². The molecule has 12 heavy (non-hydrogen) atoms. The normalized spacial score (nSPS) is 9.83. The molecule has 0 spiro atoms. The van der Waals surface area contributed by atoms with Crippen molar-refractivity contribution < 1.29 is 4.79 Å². The summed E-state index contributed by atoms with van der Waals surface area (Å²) >= 11 is 0. The van der Waals surface area contributed by atoms with Crippen LogP contribution in [0.25, 0.3) is 0 Å². The van der Waals surface area contributed by atoms with Gasteiger partial charge < -0.3 is 10.3 Å². The van der Waals surface area contributed by atoms with Crippen molar-refractivity contribution in [2.75, 3.05) is 0 Å². The van der Waals surface area contributed by atoms with E-state index in [-0.39, 0.29) is 11.1 Å². The van der Waals surface area contributed by atoms with E-state index in [0.717, 1.165) is 0 Å². The maximum Gasteiger partial charge on any atom is 0.253 e. The monoisotopic (exact) mass is 166 g/mol. The van der Waals surface area contributed by atoms with Gasteiger partial charge in [0.15, 0.2) is 0 Å². The summed E-state index contributed by atoms with van der Waals surface area (Å²) in [4.78, 5) is 22.0. The van der Waals surface area contributed by atoms with E-state index >= 15 is 0 Å². The Labute approximate surface area is 69.6 Å². The number of nitrogens with zero attached hydrogens (tertiary/aromatic N) is 1. The number of hydrogen-bond donors (Lipinski definition) is 1.